The van der Waals surface area contributed by atoms with Gasteiger partial charge in [0, 0.05) is 16.8 Å². The molecule has 22 heavy (non-hydrogen) atoms. The van der Waals surface area contributed by atoms with E-state index in [2.05, 4.69) is 0 Å². The predicted molar refractivity (Wildman–Crippen MR) is 77.9 cm³/mol. The maximum atomic E-state index is 10.0. The fraction of sp³-hybridized carbons (Fsp3) is 0.600. The Morgan fingerprint density at radius 3 is 0.500 bits per heavy atom. The van der Waals surface area contributed by atoms with Gasteiger partial charge in [-0.25, -0.2) is 0 Å². The van der Waals surface area contributed by atoms with E-state index >= 15 is 0 Å². The average Bonchev–Trinajstić information content (AvgIpc) is 2.10. The summed E-state index contributed by atoms with van der Waals surface area (Å²) in [4.78, 5) is 60.2. The van der Waals surface area contributed by atoms with Crippen LogP contribution in [0.15, 0.2) is 0 Å². The molecule has 0 saturated heterocycles. The molecule has 0 aromatic rings. The molecule has 0 spiro atoms. The van der Waals surface area contributed by atoms with Crippen molar-refractivity contribution in [3.8, 4) is 0 Å². The van der Waals surface area contributed by atoms with Crippen molar-refractivity contribution in [2.45, 2.75) is 60.8 Å². The van der Waals surface area contributed by atoms with Gasteiger partial charge in [-0.1, -0.05) is 0 Å². The first-order valence-corrected chi connectivity index (χ1v) is 6.35. The molecular weight excluding hydrogens is 335 g/mol. The average molecular weight is 359 g/mol. The third kappa shape index (κ3) is 51.4. The van der Waals surface area contributed by atoms with E-state index in [1.54, 1.807) is 0 Å². The normalized spacial score (nSPS) is 7.91. The Hall–Kier alpha value is -1.47. The van der Waals surface area contributed by atoms with E-state index in [1.165, 1.54) is 41.5 Å². The van der Waals surface area contributed by atoms with Crippen LogP contribution in [0.3, 0.4) is 0 Å². The van der Waals surface area contributed by atoms with E-state index in [-0.39, 0.29) is 70.7 Å². The van der Waals surface area contributed by atoms with Crippen molar-refractivity contribution in [1.82, 2.24) is 0 Å². The van der Waals surface area contributed by atoms with Gasteiger partial charge in [0.2, 0.25) is 0 Å². The zero-order chi connectivity index (χ0) is 17.6. The molecule has 1 radical (unpaired) electrons. The predicted octanol–water partition coefficient (Wildman–Crippen LogP) is 1.66. The zero-order valence-corrected chi connectivity index (χ0v) is 14.9. The Morgan fingerprint density at radius 1 is 0.409 bits per heavy atom. The zero-order valence-electron chi connectivity index (χ0n) is 13.9. The van der Waals surface area contributed by atoms with Crippen LogP contribution in [0.2, 0.25) is 0 Å². The Morgan fingerprint density at radius 2 is 0.500 bits per heavy atom. The quantitative estimate of drug-likeness (QED) is 0.668. The van der Waals surface area contributed by atoms with E-state index < -0.39 is 0 Å². The van der Waals surface area contributed by atoms with Crippen LogP contribution in [0.25, 0.3) is 0 Å². The molecule has 0 fully saturated rings. The van der Waals surface area contributed by atoms with E-state index in [4.69, 9.17) is 0 Å². The Labute approximate surface area is 141 Å². The number of carbonyl (C=O) groups excluding carboxylic acids is 6. The second-order valence-corrected chi connectivity index (χ2v) is 4.74. The third-order valence-electron chi connectivity index (χ3n) is 1.49. The number of carbonyl (C=O) groups is 6. The minimum atomic E-state index is -0.0625. The van der Waals surface area contributed by atoms with Gasteiger partial charge in [0.25, 0.3) is 0 Å². The summed E-state index contributed by atoms with van der Waals surface area (Å²) in [7, 11) is 0. The molecule has 0 heterocycles. The summed E-state index contributed by atoms with van der Waals surface area (Å²) < 4.78 is 0. The van der Waals surface area contributed by atoms with Crippen LogP contribution in [0, 0.1) is 0 Å². The molecule has 0 aliphatic heterocycles. The van der Waals surface area contributed by atoms with Crippen molar-refractivity contribution >= 4 is 34.7 Å². The summed E-state index contributed by atoms with van der Waals surface area (Å²) in [5, 5.41) is 0. The summed E-state index contributed by atoms with van der Waals surface area (Å²) in [6, 6.07) is 0. The number of hydrogen-bond acceptors (Lipinski definition) is 6. The minimum absolute atomic E-state index is 0. The topological polar surface area (TPSA) is 102 Å². The Balaban J connectivity index is -0.000000108. The minimum Gasteiger partial charge on any atom is -0.300 e. The van der Waals surface area contributed by atoms with Gasteiger partial charge in [-0.15, -0.1) is 0 Å². The molecule has 6 nitrogen and oxygen atoms in total. The molecule has 0 rings (SSSR count). The molecule has 0 bridgehead atoms. The van der Waals surface area contributed by atoms with Gasteiger partial charge in [0.05, 0.1) is 19.3 Å². The van der Waals surface area contributed by atoms with E-state index in [0.29, 0.717) is 0 Å². The van der Waals surface area contributed by atoms with Gasteiger partial charge in [-0.2, -0.15) is 0 Å². The van der Waals surface area contributed by atoms with Gasteiger partial charge >= 0.3 is 0 Å². The van der Waals surface area contributed by atoms with Crippen LogP contribution in [0.4, 0.5) is 0 Å². The molecule has 0 saturated carbocycles. The number of Topliss-reactive ketones (excluding diaryl/α,β-unsaturated/α-hetero) is 6. The third-order valence-corrected chi connectivity index (χ3v) is 1.49. The summed E-state index contributed by atoms with van der Waals surface area (Å²) >= 11 is 0. The van der Waals surface area contributed by atoms with Gasteiger partial charge in [0.15, 0.2) is 0 Å². The first kappa shape index (κ1) is 28.7. The molecule has 0 aromatic carbocycles. The molecular formula is C15H24CoO6. The largest absolute Gasteiger partial charge is 0.300 e. The van der Waals surface area contributed by atoms with Crippen molar-refractivity contribution in [1.29, 1.82) is 0 Å². The van der Waals surface area contributed by atoms with Crippen molar-refractivity contribution < 1.29 is 45.5 Å². The number of hydrogen-bond donors (Lipinski definition) is 0. The molecule has 0 atom stereocenters. The first-order valence-electron chi connectivity index (χ1n) is 6.35. The van der Waals surface area contributed by atoms with Crippen LogP contribution >= 0.6 is 0 Å². The second-order valence-electron chi connectivity index (χ2n) is 4.74. The Kier molecular flexibility index (Phi) is 22.9. The monoisotopic (exact) mass is 359 g/mol. The number of rotatable bonds is 6. The maximum absolute atomic E-state index is 10.0. The summed E-state index contributed by atoms with van der Waals surface area (Å²) in [6.45, 7) is 8.42. The standard InChI is InChI=1S/3C5H8O2.Co/c3*1-4(6)3-5(2)7;/h3*3H2,1-2H3;. The van der Waals surface area contributed by atoms with E-state index in [1.807, 2.05) is 0 Å². The van der Waals surface area contributed by atoms with Crippen LogP contribution in [0.1, 0.15) is 60.8 Å². The molecule has 0 N–H and O–H groups in total. The second kappa shape index (κ2) is 17.6. The van der Waals surface area contributed by atoms with Gasteiger partial charge in [0.1, 0.15) is 34.7 Å². The Bertz CT molecular complexity index is 314. The molecule has 0 aliphatic rings. The summed E-state index contributed by atoms with van der Waals surface area (Å²) in [5.41, 5.74) is 0. The molecule has 129 valence electrons. The van der Waals surface area contributed by atoms with Gasteiger partial charge in [-0.05, 0) is 41.5 Å². The summed E-state index contributed by atoms with van der Waals surface area (Å²) in [6.07, 6.45) is 0.250. The molecule has 7 heteroatoms. The molecule has 0 aliphatic carbocycles. The van der Waals surface area contributed by atoms with Crippen LogP contribution < -0.4 is 0 Å². The van der Waals surface area contributed by atoms with Crippen LogP contribution in [0.5, 0.6) is 0 Å². The van der Waals surface area contributed by atoms with Gasteiger partial charge < -0.3 is 0 Å². The van der Waals surface area contributed by atoms with Crippen LogP contribution in [-0.2, 0) is 45.5 Å². The molecule has 0 aromatic heterocycles. The van der Waals surface area contributed by atoms with E-state index in [9.17, 15) is 28.8 Å². The SMILES string of the molecule is CC(=O)CC(C)=O.CC(=O)CC(C)=O.CC(=O)CC(C)=O.[Co]. The molecule has 0 unspecified atom stereocenters. The van der Waals surface area contributed by atoms with Crippen LogP contribution in [-0.4, -0.2) is 34.7 Å². The molecule has 0 amide bonds. The van der Waals surface area contributed by atoms with Crippen molar-refractivity contribution in [2.75, 3.05) is 0 Å². The summed E-state index contributed by atoms with van der Waals surface area (Å²) in [5.74, 6) is -0.375. The smallest absolute Gasteiger partial charge is 0.137 e. The first-order chi connectivity index (χ1) is 9.38. The fourth-order valence-electron chi connectivity index (χ4n) is 1.05. The van der Waals surface area contributed by atoms with Crippen molar-refractivity contribution in [3.05, 3.63) is 0 Å². The fourth-order valence-corrected chi connectivity index (χ4v) is 1.05. The van der Waals surface area contributed by atoms with E-state index in [0.717, 1.165) is 0 Å². The number of ketones is 6. The van der Waals surface area contributed by atoms with Crippen molar-refractivity contribution in [3.63, 3.8) is 0 Å². The van der Waals surface area contributed by atoms with Gasteiger partial charge in [-0.3, -0.25) is 28.8 Å². The maximum Gasteiger partial charge on any atom is 0.137 e. The van der Waals surface area contributed by atoms with Crippen molar-refractivity contribution in [2.24, 2.45) is 0 Å².